The minimum absolute atomic E-state index is 0.0139. The number of nitrogens with zero attached hydrogens (tertiary/aromatic N) is 2. The molecule has 0 radical (unpaired) electrons. The van der Waals surface area contributed by atoms with Crippen molar-refractivity contribution in [2.24, 2.45) is 5.92 Å². The molecule has 3 aromatic rings. The van der Waals surface area contributed by atoms with Crippen molar-refractivity contribution in [2.75, 3.05) is 72.6 Å². The smallest absolute Gasteiger partial charge is 0.288 e. The van der Waals surface area contributed by atoms with E-state index in [-0.39, 0.29) is 31.1 Å². The van der Waals surface area contributed by atoms with Crippen molar-refractivity contribution in [3.05, 3.63) is 71.7 Å². The molecule has 3 aliphatic rings. The largest absolute Gasteiger partial charge is 0.464 e. The number of piperazine rings is 1. The summed E-state index contributed by atoms with van der Waals surface area (Å²) in [6, 6.07) is 14.0. The number of carbonyl (C=O) groups excluding carboxylic acids is 1. The summed E-state index contributed by atoms with van der Waals surface area (Å²) in [5.74, 6) is 1.45. The molecule has 6 rings (SSSR count). The molecule has 3 atom stereocenters. The molecule has 4 heterocycles. The Bertz CT molecular complexity index is 1450. The number of aliphatic hydroxyl groups excluding tert-OH is 1. The first-order valence-electron chi connectivity index (χ1n) is 15.8. The van der Waals surface area contributed by atoms with Crippen LogP contribution < -0.4 is 9.47 Å². The third kappa shape index (κ3) is 7.45. The number of amides is 1. The van der Waals surface area contributed by atoms with Gasteiger partial charge in [-0.1, -0.05) is 24.3 Å². The maximum atomic E-state index is 13.9. The molecular weight excluding hydrogens is 580 g/mol. The van der Waals surface area contributed by atoms with Crippen LogP contribution in [-0.2, 0) is 30.3 Å². The lowest BCUT2D eigenvalue weighted by Gasteiger charge is -2.39. The van der Waals surface area contributed by atoms with Gasteiger partial charge < -0.3 is 42.8 Å². The Morgan fingerprint density at radius 3 is 2.60 bits per heavy atom. The second-order valence-electron chi connectivity index (χ2n) is 11.3. The number of allylic oxidation sites excluding steroid dienone is 1. The van der Waals surface area contributed by atoms with E-state index in [0.717, 1.165) is 53.2 Å². The van der Waals surface area contributed by atoms with Crippen molar-refractivity contribution in [2.45, 2.75) is 32.1 Å². The molecule has 2 aromatic carbocycles. The molecule has 1 fully saturated rings. The number of fused-ring (bicyclic) bond motifs is 2. The predicted molar refractivity (Wildman–Crippen MR) is 165 cm³/mol. The third-order valence-corrected chi connectivity index (χ3v) is 8.50. The van der Waals surface area contributed by atoms with Crippen molar-refractivity contribution in [1.82, 2.24) is 9.80 Å². The zero-order valence-corrected chi connectivity index (χ0v) is 25.7. The molecule has 45 heavy (non-hydrogen) atoms. The van der Waals surface area contributed by atoms with E-state index in [4.69, 9.17) is 37.9 Å². The molecule has 11 heteroatoms. The van der Waals surface area contributed by atoms with E-state index < -0.39 is 6.29 Å². The SMILES string of the molecule is CCO[C@@H]1OC(C(=O)N2CCN(Cc3ccc4c(c3)OCO4)CC2)=C[C@H](c2coc3ccccc23)[C@H]1CCOCCOCCO. The lowest BCUT2D eigenvalue weighted by molar-refractivity contribution is -0.172. The highest BCUT2D eigenvalue weighted by Gasteiger charge is 2.40. The maximum absolute atomic E-state index is 13.9. The van der Waals surface area contributed by atoms with Crippen LogP contribution >= 0.6 is 0 Å². The van der Waals surface area contributed by atoms with Crippen molar-refractivity contribution in [3.8, 4) is 11.5 Å². The Labute approximate surface area is 263 Å². The van der Waals surface area contributed by atoms with Crippen LogP contribution in [0, 0.1) is 5.92 Å². The molecule has 0 unspecified atom stereocenters. The van der Waals surface area contributed by atoms with Crippen molar-refractivity contribution in [3.63, 3.8) is 0 Å². The van der Waals surface area contributed by atoms with Gasteiger partial charge >= 0.3 is 0 Å². The summed E-state index contributed by atoms with van der Waals surface area (Å²) < 4.78 is 40.5. The van der Waals surface area contributed by atoms with Gasteiger partial charge in [-0.15, -0.1) is 0 Å². The highest BCUT2D eigenvalue weighted by Crippen LogP contribution is 2.42. The molecule has 1 aromatic heterocycles. The van der Waals surface area contributed by atoms with Gasteiger partial charge in [0.15, 0.2) is 17.3 Å². The van der Waals surface area contributed by atoms with Gasteiger partial charge in [0.1, 0.15) is 5.58 Å². The fraction of sp³-hybridized carbons (Fsp3) is 0.500. The first-order chi connectivity index (χ1) is 22.1. The van der Waals surface area contributed by atoms with Crippen LogP contribution in [0.5, 0.6) is 11.5 Å². The summed E-state index contributed by atoms with van der Waals surface area (Å²) in [6.07, 6.45) is 3.75. The van der Waals surface area contributed by atoms with Crippen LogP contribution in [0.25, 0.3) is 11.0 Å². The quantitative estimate of drug-likeness (QED) is 0.266. The zero-order valence-electron chi connectivity index (χ0n) is 25.7. The number of rotatable bonds is 14. The number of ether oxygens (including phenoxy) is 6. The van der Waals surface area contributed by atoms with E-state index in [1.165, 1.54) is 0 Å². The van der Waals surface area contributed by atoms with Crippen molar-refractivity contribution < 1.29 is 42.7 Å². The van der Waals surface area contributed by atoms with Gasteiger partial charge in [-0.25, -0.2) is 0 Å². The Hall–Kier alpha value is -3.61. The number of carbonyl (C=O) groups is 1. The van der Waals surface area contributed by atoms with Gasteiger partial charge in [0.25, 0.3) is 5.91 Å². The molecular formula is C34H42N2O9. The fourth-order valence-electron chi connectivity index (χ4n) is 6.21. The molecule has 242 valence electrons. The van der Waals surface area contributed by atoms with E-state index in [2.05, 4.69) is 11.0 Å². The van der Waals surface area contributed by atoms with E-state index in [1.54, 1.807) is 6.26 Å². The van der Waals surface area contributed by atoms with Gasteiger partial charge in [0.2, 0.25) is 13.1 Å². The topological polar surface area (TPSA) is 112 Å². The minimum Gasteiger partial charge on any atom is -0.464 e. The highest BCUT2D eigenvalue weighted by atomic mass is 16.7. The molecule has 0 bridgehead atoms. The molecule has 0 spiro atoms. The highest BCUT2D eigenvalue weighted by molar-refractivity contribution is 5.92. The summed E-state index contributed by atoms with van der Waals surface area (Å²) in [5.41, 5.74) is 2.94. The summed E-state index contributed by atoms with van der Waals surface area (Å²) in [4.78, 5) is 18.1. The van der Waals surface area contributed by atoms with Crippen LogP contribution in [0.4, 0.5) is 0 Å². The van der Waals surface area contributed by atoms with E-state index in [9.17, 15) is 4.79 Å². The van der Waals surface area contributed by atoms with Crippen molar-refractivity contribution in [1.29, 1.82) is 0 Å². The lowest BCUT2D eigenvalue weighted by Crippen LogP contribution is -2.50. The van der Waals surface area contributed by atoms with Crippen molar-refractivity contribution >= 4 is 16.9 Å². The van der Waals surface area contributed by atoms with Crippen LogP contribution in [0.1, 0.15) is 30.4 Å². The number of hydrogen-bond acceptors (Lipinski definition) is 10. The van der Waals surface area contributed by atoms with E-state index in [1.807, 2.05) is 54.3 Å². The molecule has 1 saturated heterocycles. The Kier molecular flexibility index (Phi) is 10.5. The summed E-state index contributed by atoms with van der Waals surface area (Å²) in [7, 11) is 0. The summed E-state index contributed by atoms with van der Waals surface area (Å²) in [6.45, 7) is 7.67. The van der Waals surface area contributed by atoms with E-state index >= 15 is 0 Å². The van der Waals surface area contributed by atoms with Crippen LogP contribution in [-0.4, -0.2) is 99.7 Å². The monoisotopic (exact) mass is 622 g/mol. The number of para-hydroxylation sites is 1. The normalized spacial score (nSPS) is 21.6. The average molecular weight is 623 g/mol. The zero-order chi connectivity index (χ0) is 31.0. The lowest BCUT2D eigenvalue weighted by atomic mass is 9.81. The van der Waals surface area contributed by atoms with Crippen LogP contribution in [0.2, 0.25) is 0 Å². The van der Waals surface area contributed by atoms with Gasteiger partial charge in [-0.3, -0.25) is 9.69 Å². The van der Waals surface area contributed by atoms with Crippen LogP contribution in [0.3, 0.4) is 0 Å². The maximum Gasteiger partial charge on any atom is 0.288 e. The van der Waals surface area contributed by atoms with Gasteiger partial charge in [0, 0.05) is 68.7 Å². The van der Waals surface area contributed by atoms with Gasteiger partial charge in [-0.05, 0) is 43.2 Å². The average Bonchev–Trinajstić information content (AvgIpc) is 3.72. The molecule has 3 aliphatic heterocycles. The first kappa shape index (κ1) is 31.4. The summed E-state index contributed by atoms with van der Waals surface area (Å²) >= 11 is 0. The Morgan fingerprint density at radius 1 is 0.978 bits per heavy atom. The molecule has 0 aliphatic carbocycles. The minimum atomic E-state index is -0.626. The Balaban J connectivity index is 1.15. The van der Waals surface area contributed by atoms with Gasteiger partial charge in [0.05, 0.1) is 32.7 Å². The molecule has 11 nitrogen and oxygen atoms in total. The predicted octanol–water partition coefficient (Wildman–Crippen LogP) is 3.90. The molecule has 1 N–H and O–H groups in total. The Morgan fingerprint density at radius 2 is 1.78 bits per heavy atom. The number of aliphatic hydroxyl groups is 1. The standard InChI is InChI=1S/C34H42N2O9/c1-2-41-34-26(9-15-39-17-18-40-16-14-37)27(28-22-42-29-6-4-3-5-25(28)29)20-32(45-34)33(38)36-12-10-35(11-13-36)21-24-7-8-30-31(19-24)44-23-43-30/h3-8,19-20,22,26-27,34,37H,2,9-18,21,23H2,1H3/t26-,27+,34-/m1/s1. The fourth-order valence-corrected chi connectivity index (χ4v) is 6.21. The number of hydrogen-bond donors (Lipinski definition) is 1. The first-order valence-corrected chi connectivity index (χ1v) is 15.8. The second-order valence-corrected chi connectivity index (χ2v) is 11.3. The molecule has 0 saturated carbocycles. The van der Waals surface area contributed by atoms with E-state index in [0.29, 0.717) is 58.3 Å². The summed E-state index contributed by atoms with van der Waals surface area (Å²) in [5, 5.41) is 9.91. The number of furan rings is 1. The van der Waals surface area contributed by atoms with Crippen LogP contribution in [0.15, 0.2) is 65.0 Å². The second kappa shape index (κ2) is 15.1. The third-order valence-electron chi connectivity index (χ3n) is 8.50. The number of benzene rings is 2. The van der Waals surface area contributed by atoms with Gasteiger partial charge in [-0.2, -0.15) is 0 Å². The molecule has 1 amide bonds.